The number of hydrogen-bond donors (Lipinski definition) is 4. The van der Waals surface area contributed by atoms with Gasteiger partial charge < -0.3 is 5.32 Å². The summed E-state index contributed by atoms with van der Waals surface area (Å²) < 4.78 is 26.2. The number of benzene rings is 1. The van der Waals surface area contributed by atoms with Crippen LogP contribution >= 0.6 is 12.8 Å². The van der Waals surface area contributed by atoms with Crippen LogP contribution in [-0.4, -0.2) is 46.3 Å². The van der Waals surface area contributed by atoms with E-state index in [1.807, 2.05) is 18.2 Å². The topological polar surface area (TPSA) is 74.2 Å². The van der Waals surface area contributed by atoms with Gasteiger partial charge >= 0.3 is 0 Å². The number of allylic oxidation sites excluding steroid dienone is 2. The lowest BCUT2D eigenvalue weighted by atomic mass is 9.90. The second kappa shape index (κ2) is 8.74. The Kier molecular flexibility index (Phi) is 6.52. The first kappa shape index (κ1) is 21.6. The molecule has 1 aliphatic carbocycles. The highest BCUT2D eigenvalue weighted by molar-refractivity contribution is 7.74. The molecule has 9 heteroatoms. The fourth-order valence-electron chi connectivity index (χ4n) is 3.27. The number of aromatic nitrogens is 1. The molecule has 6 nitrogen and oxygen atoms in total. The summed E-state index contributed by atoms with van der Waals surface area (Å²) in [6.07, 6.45) is 3.61. The van der Waals surface area contributed by atoms with Crippen LogP contribution < -0.4 is 10.7 Å². The number of carbonyl (C=O) groups excluding carboxylic acids is 1. The van der Waals surface area contributed by atoms with Crippen LogP contribution in [0.2, 0.25) is 0 Å². The summed E-state index contributed by atoms with van der Waals surface area (Å²) in [4.78, 5) is 16.8. The van der Waals surface area contributed by atoms with Crippen LogP contribution in [-0.2, 0) is 0 Å². The summed E-state index contributed by atoms with van der Waals surface area (Å²) in [5, 5.41) is 13.0. The molecule has 1 heterocycles. The predicted molar refractivity (Wildman–Crippen MR) is 110 cm³/mol. The molecule has 0 bridgehead atoms. The maximum absolute atomic E-state index is 13.4. The first-order chi connectivity index (χ1) is 13.6. The maximum atomic E-state index is 13.4. The van der Waals surface area contributed by atoms with E-state index in [2.05, 4.69) is 28.5 Å². The Morgan fingerprint density at radius 1 is 1.38 bits per heavy atom. The Morgan fingerprint density at radius 2 is 2.17 bits per heavy atom. The van der Waals surface area contributed by atoms with Crippen LogP contribution in [0.1, 0.15) is 41.6 Å². The minimum atomic E-state index is -2.63. The highest BCUT2D eigenvalue weighted by atomic mass is 32.1. The molecular formula is C20H25F2N4O2S+. The van der Waals surface area contributed by atoms with Crippen molar-refractivity contribution >= 4 is 35.2 Å². The molecule has 3 N–H and O–H groups in total. The number of nitrogens with one attached hydrogen (secondary N) is 2. The summed E-state index contributed by atoms with van der Waals surface area (Å²) in [6, 6.07) is 7.35. The van der Waals surface area contributed by atoms with Gasteiger partial charge in [-0.05, 0) is 24.5 Å². The second-order valence-corrected chi connectivity index (χ2v) is 8.10. The minimum Gasteiger partial charge on any atom is -0.352 e. The Morgan fingerprint density at radius 3 is 2.86 bits per heavy atom. The van der Waals surface area contributed by atoms with E-state index < -0.39 is 10.1 Å². The van der Waals surface area contributed by atoms with Gasteiger partial charge in [-0.15, -0.1) is 5.43 Å². The van der Waals surface area contributed by atoms with Crippen LogP contribution in [0.3, 0.4) is 0 Å². The van der Waals surface area contributed by atoms with Gasteiger partial charge in [0.05, 0.1) is 17.6 Å². The van der Waals surface area contributed by atoms with E-state index in [0.717, 1.165) is 16.5 Å². The number of quaternary nitrogens is 1. The number of hydrogen-bond acceptors (Lipinski definition) is 5. The number of hydroxylamine groups is 1. The van der Waals surface area contributed by atoms with E-state index in [1.54, 1.807) is 12.1 Å². The summed E-state index contributed by atoms with van der Waals surface area (Å²) in [7, 11) is 1.46. The lowest BCUT2D eigenvalue weighted by Crippen LogP contribution is -2.44. The molecule has 0 saturated carbocycles. The Hall–Kier alpha value is -2.07. The lowest BCUT2D eigenvalue weighted by Gasteiger charge is -2.22. The van der Waals surface area contributed by atoms with Gasteiger partial charge in [0.1, 0.15) is 19.9 Å². The second-order valence-electron chi connectivity index (χ2n) is 7.32. The third-order valence-corrected chi connectivity index (χ3v) is 4.92. The highest BCUT2D eigenvalue weighted by Crippen LogP contribution is 2.37. The average Bonchev–Trinajstić information content (AvgIpc) is 2.66. The summed E-state index contributed by atoms with van der Waals surface area (Å²) in [5.41, 5.74) is 5.60. The van der Waals surface area contributed by atoms with Crippen molar-refractivity contribution in [3.05, 3.63) is 47.7 Å². The number of nitrogens with zero attached hydrogens (tertiary/aromatic N) is 2. The zero-order valence-electron chi connectivity index (χ0n) is 16.2. The van der Waals surface area contributed by atoms with E-state index in [4.69, 9.17) is 0 Å². The van der Waals surface area contributed by atoms with Gasteiger partial charge in [-0.2, -0.15) is 5.21 Å². The van der Waals surface area contributed by atoms with Gasteiger partial charge in [-0.3, -0.25) is 9.78 Å². The van der Waals surface area contributed by atoms with Crippen LogP contribution in [0.25, 0.3) is 16.5 Å². The van der Waals surface area contributed by atoms with Gasteiger partial charge in [-0.25, -0.2) is 8.78 Å². The quantitative estimate of drug-likeness (QED) is 0.237. The van der Waals surface area contributed by atoms with Crippen LogP contribution in [0, 0.1) is 0 Å². The normalized spacial score (nSPS) is 18.2. The SMILES string of the molecule is C[N+](O)(S)NCCCNC(=O)c1cnc2c(C3=CCC(F)(F)CC3)cccc2c1. The molecule has 3 rings (SSSR count). The molecule has 0 saturated heterocycles. The average molecular weight is 424 g/mol. The van der Waals surface area contributed by atoms with E-state index in [9.17, 15) is 18.8 Å². The maximum Gasteiger partial charge on any atom is 0.252 e. The molecule has 2 aromatic rings. The van der Waals surface area contributed by atoms with Gasteiger partial charge in [0, 0.05) is 36.5 Å². The lowest BCUT2D eigenvalue weighted by molar-refractivity contribution is -1.01. The van der Waals surface area contributed by atoms with Gasteiger partial charge in [-0.1, -0.05) is 28.4 Å². The van der Waals surface area contributed by atoms with E-state index in [1.165, 1.54) is 13.2 Å². The molecule has 0 aliphatic heterocycles. The molecule has 1 atom stereocenters. The first-order valence-electron chi connectivity index (χ1n) is 9.46. The van der Waals surface area contributed by atoms with E-state index in [0.29, 0.717) is 37.0 Å². The molecule has 0 fully saturated rings. The van der Waals surface area contributed by atoms with Crippen molar-refractivity contribution in [3.63, 3.8) is 0 Å². The van der Waals surface area contributed by atoms with Crippen molar-refractivity contribution in [2.75, 3.05) is 20.1 Å². The first-order valence-corrected chi connectivity index (χ1v) is 9.86. The molecule has 1 amide bonds. The molecule has 1 aliphatic rings. The number of para-hydroxylation sites is 1. The fourth-order valence-corrected chi connectivity index (χ4v) is 3.37. The molecule has 1 unspecified atom stereocenters. The van der Waals surface area contributed by atoms with Crippen molar-refractivity contribution < 1.29 is 22.9 Å². The molecule has 1 aromatic heterocycles. The van der Waals surface area contributed by atoms with Crippen molar-refractivity contribution in [1.29, 1.82) is 0 Å². The molecule has 156 valence electrons. The zero-order chi connectivity index (χ0) is 21.1. The smallest absolute Gasteiger partial charge is 0.252 e. The number of pyridine rings is 1. The molecule has 0 radical (unpaired) electrons. The standard InChI is InChI=1S/C20H24F2N4O2S/c1-26(28,29)25-11-3-10-23-19(27)16-12-15-4-2-5-17(18(15)24-13-16)14-6-8-20(21,22)9-7-14/h2,4-6,12-13,25,28-29H,3,7-11H2,1H3/p+1. The van der Waals surface area contributed by atoms with Crippen LogP contribution in [0.4, 0.5) is 8.78 Å². The van der Waals surface area contributed by atoms with E-state index >= 15 is 0 Å². The third kappa shape index (κ3) is 5.96. The molecule has 1 aromatic carbocycles. The van der Waals surface area contributed by atoms with Crippen molar-refractivity contribution in [3.8, 4) is 0 Å². The number of halogens is 2. The number of amides is 1. The Bertz CT molecular complexity index is 928. The monoisotopic (exact) mass is 423 g/mol. The number of fused-ring (bicyclic) bond motifs is 1. The minimum absolute atomic E-state index is 0.161. The fraction of sp³-hybridized carbons (Fsp3) is 0.400. The summed E-state index contributed by atoms with van der Waals surface area (Å²) in [6.45, 7) is 0.906. The van der Waals surface area contributed by atoms with Gasteiger partial charge in [0.25, 0.3) is 11.8 Å². The van der Waals surface area contributed by atoms with Crippen molar-refractivity contribution in [2.45, 2.75) is 31.6 Å². The third-order valence-electron chi connectivity index (χ3n) is 4.78. The van der Waals surface area contributed by atoms with Crippen LogP contribution in [0.15, 0.2) is 36.5 Å². The van der Waals surface area contributed by atoms with Crippen molar-refractivity contribution in [2.24, 2.45) is 0 Å². The number of rotatable bonds is 7. The number of thiol groups is 1. The number of carbonyl (C=O) groups is 1. The molecular weight excluding hydrogens is 398 g/mol. The summed E-state index contributed by atoms with van der Waals surface area (Å²) >= 11 is 3.89. The molecule has 0 spiro atoms. The van der Waals surface area contributed by atoms with Gasteiger partial charge in [0.15, 0.2) is 0 Å². The predicted octanol–water partition coefficient (Wildman–Crippen LogP) is 3.74. The molecule has 29 heavy (non-hydrogen) atoms. The zero-order valence-corrected chi connectivity index (χ0v) is 17.1. The van der Waals surface area contributed by atoms with Crippen molar-refractivity contribution in [1.82, 2.24) is 15.7 Å². The Labute approximate surface area is 173 Å². The number of alkyl halides is 2. The Balaban J connectivity index is 1.68. The van der Waals surface area contributed by atoms with Gasteiger partial charge in [0.2, 0.25) is 0 Å². The summed E-state index contributed by atoms with van der Waals surface area (Å²) in [5.74, 6) is -2.88. The largest absolute Gasteiger partial charge is 0.352 e. The van der Waals surface area contributed by atoms with Crippen LogP contribution in [0.5, 0.6) is 0 Å². The highest BCUT2D eigenvalue weighted by Gasteiger charge is 2.31. The van der Waals surface area contributed by atoms with E-state index in [-0.39, 0.29) is 18.7 Å².